The molecule has 1 aliphatic heterocycles. The third-order valence-corrected chi connectivity index (χ3v) is 6.24. The molecule has 1 aliphatic rings. The van der Waals surface area contributed by atoms with E-state index in [1.165, 1.54) is 5.56 Å². The topological polar surface area (TPSA) is 36.4 Å². The van der Waals surface area contributed by atoms with Crippen molar-refractivity contribution in [3.05, 3.63) is 76.6 Å². The van der Waals surface area contributed by atoms with Crippen molar-refractivity contribution in [3.63, 3.8) is 0 Å². The van der Waals surface area contributed by atoms with Crippen LogP contribution < -0.4 is 0 Å². The fraction of sp³-hybridized carbons (Fsp3) is 0.333. The molecule has 150 valence electrons. The number of hydrogen-bond donors (Lipinski definition) is 0. The number of piperazine rings is 1. The lowest BCUT2D eigenvalue weighted by molar-refractivity contribution is -0.118. The number of hydrogen-bond acceptors (Lipinski definition) is 5. The molecule has 0 spiro atoms. The van der Waals surface area contributed by atoms with Crippen molar-refractivity contribution in [3.8, 4) is 11.3 Å². The molecular formula is C24H27N3OS. The average Bonchev–Trinajstić information content (AvgIpc) is 3.23. The van der Waals surface area contributed by atoms with Gasteiger partial charge in [0.05, 0.1) is 12.1 Å². The quantitative estimate of drug-likeness (QED) is 0.565. The third-order valence-electron chi connectivity index (χ3n) is 5.39. The number of carbonyl (C=O) groups is 1. The molecule has 0 atom stereocenters. The molecule has 5 heteroatoms. The fourth-order valence-corrected chi connectivity index (χ4v) is 4.52. The van der Waals surface area contributed by atoms with Crippen molar-refractivity contribution in [2.45, 2.75) is 19.4 Å². The molecule has 2 aromatic carbocycles. The monoisotopic (exact) mass is 405 g/mol. The van der Waals surface area contributed by atoms with Crippen LogP contribution in [0.25, 0.3) is 11.3 Å². The molecule has 3 aromatic rings. The first-order valence-electron chi connectivity index (χ1n) is 10.3. The van der Waals surface area contributed by atoms with Crippen LogP contribution in [0.5, 0.6) is 0 Å². The van der Waals surface area contributed by atoms with Gasteiger partial charge in [0, 0.05) is 56.6 Å². The van der Waals surface area contributed by atoms with Crippen LogP contribution >= 0.6 is 11.3 Å². The van der Waals surface area contributed by atoms with E-state index in [9.17, 15) is 4.79 Å². The van der Waals surface area contributed by atoms with Crippen LogP contribution in [0.2, 0.25) is 0 Å². The van der Waals surface area contributed by atoms with Crippen LogP contribution in [0.3, 0.4) is 0 Å². The Labute approximate surface area is 176 Å². The highest BCUT2D eigenvalue weighted by Gasteiger charge is 2.18. The van der Waals surface area contributed by atoms with Gasteiger partial charge in [-0.1, -0.05) is 60.7 Å². The number of aromatic nitrogens is 1. The lowest BCUT2D eigenvalue weighted by atomic mass is 10.1. The molecule has 0 radical (unpaired) electrons. The van der Waals surface area contributed by atoms with Crippen LogP contribution in [0.1, 0.15) is 17.0 Å². The van der Waals surface area contributed by atoms with Crippen molar-refractivity contribution in [1.29, 1.82) is 0 Å². The molecule has 0 amide bonds. The number of ketones is 1. The highest BCUT2D eigenvalue weighted by atomic mass is 32.1. The van der Waals surface area contributed by atoms with E-state index in [0.29, 0.717) is 12.8 Å². The van der Waals surface area contributed by atoms with Gasteiger partial charge in [-0.05, 0) is 5.56 Å². The zero-order valence-electron chi connectivity index (χ0n) is 16.7. The second-order valence-corrected chi connectivity index (χ2v) is 8.50. The van der Waals surface area contributed by atoms with E-state index in [4.69, 9.17) is 0 Å². The highest BCUT2D eigenvalue weighted by Crippen LogP contribution is 2.22. The highest BCUT2D eigenvalue weighted by molar-refractivity contribution is 7.10. The Hall–Kier alpha value is -2.34. The minimum Gasteiger partial charge on any atom is -0.300 e. The first-order chi connectivity index (χ1) is 14.3. The second kappa shape index (κ2) is 9.92. The van der Waals surface area contributed by atoms with E-state index < -0.39 is 0 Å². The molecule has 4 nitrogen and oxygen atoms in total. The van der Waals surface area contributed by atoms with Gasteiger partial charge in [0.25, 0.3) is 0 Å². The van der Waals surface area contributed by atoms with Gasteiger partial charge in [0.2, 0.25) is 0 Å². The zero-order valence-corrected chi connectivity index (χ0v) is 17.5. The summed E-state index contributed by atoms with van der Waals surface area (Å²) < 4.78 is 0. The lowest BCUT2D eigenvalue weighted by Gasteiger charge is -2.34. The molecule has 0 bridgehead atoms. The first-order valence-corrected chi connectivity index (χ1v) is 11.1. The summed E-state index contributed by atoms with van der Waals surface area (Å²) in [6, 6.07) is 20.8. The molecule has 0 aliphatic carbocycles. The normalized spacial score (nSPS) is 15.4. The maximum Gasteiger partial charge on any atom is 0.140 e. The van der Waals surface area contributed by atoms with Crippen molar-refractivity contribution in [2.24, 2.45) is 0 Å². The van der Waals surface area contributed by atoms with Crippen LogP contribution in [0, 0.1) is 0 Å². The third kappa shape index (κ3) is 5.82. The van der Waals surface area contributed by atoms with Gasteiger partial charge < -0.3 is 4.90 Å². The van der Waals surface area contributed by atoms with Gasteiger partial charge in [0.15, 0.2) is 0 Å². The Morgan fingerprint density at radius 2 is 1.55 bits per heavy atom. The fourth-order valence-electron chi connectivity index (χ4n) is 3.69. The van der Waals surface area contributed by atoms with Gasteiger partial charge in [0.1, 0.15) is 10.8 Å². The zero-order chi connectivity index (χ0) is 19.9. The Balaban J connectivity index is 1.18. The summed E-state index contributed by atoms with van der Waals surface area (Å²) in [7, 11) is 0. The second-order valence-electron chi connectivity index (χ2n) is 7.56. The van der Waals surface area contributed by atoms with E-state index in [0.717, 1.165) is 55.5 Å². The molecule has 0 saturated carbocycles. The van der Waals surface area contributed by atoms with E-state index in [2.05, 4.69) is 57.2 Å². The standard InChI is InChI=1S/C24H27N3OS/c28-22(17-24-25-23(19-29-24)21-9-5-2-6-10-21)11-12-26-13-15-27(16-14-26)18-20-7-3-1-4-8-20/h1-10,19H,11-18H2. The minimum atomic E-state index is 0.283. The average molecular weight is 406 g/mol. The molecule has 1 saturated heterocycles. The maximum atomic E-state index is 12.4. The number of nitrogens with zero attached hydrogens (tertiary/aromatic N) is 3. The van der Waals surface area contributed by atoms with Gasteiger partial charge in [-0.25, -0.2) is 4.98 Å². The summed E-state index contributed by atoms with van der Waals surface area (Å²) in [6.45, 7) is 6.08. The minimum absolute atomic E-state index is 0.283. The predicted molar refractivity (Wildman–Crippen MR) is 119 cm³/mol. The van der Waals surface area contributed by atoms with Gasteiger partial charge in [-0.15, -0.1) is 11.3 Å². The molecule has 0 N–H and O–H groups in total. The number of Topliss-reactive ketones (excluding diaryl/α,β-unsaturated/α-hetero) is 1. The van der Waals surface area contributed by atoms with Crippen molar-refractivity contribution >= 4 is 17.1 Å². The summed E-state index contributed by atoms with van der Waals surface area (Å²) in [4.78, 5) is 22.0. The van der Waals surface area contributed by atoms with Crippen molar-refractivity contribution in [1.82, 2.24) is 14.8 Å². The molecule has 4 rings (SSSR count). The van der Waals surface area contributed by atoms with Crippen LogP contribution in [0.15, 0.2) is 66.0 Å². The molecule has 2 heterocycles. The van der Waals surface area contributed by atoms with E-state index in [1.807, 2.05) is 23.6 Å². The summed E-state index contributed by atoms with van der Waals surface area (Å²) >= 11 is 1.58. The molecule has 0 unspecified atom stereocenters. The summed E-state index contributed by atoms with van der Waals surface area (Å²) in [5.41, 5.74) is 3.44. The molecule has 1 aromatic heterocycles. The molecular weight excluding hydrogens is 378 g/mol. The van der Waals surface area contributed by atoms with Crippen molar-refractivity contribution < 1.29 is 4.79 Å². The van der Waals surface area contributed by atoms with E-state index in [-0.39, 0.29) is 5.78 Å². The number of carbonyl (C=O) groups excluding carboxylic acids is 1. The maximum absolute atomic E-state index is 12.4. The first kappa shape index (κ1) is 20.0. The summed E-state index contributed by atoms with van der Waals surface area (Å²) in [5, 5.41) is 2.96. The van der Waals surface area contributed by atoms with Gasteiger partial charge in [-0.2, -0.15) is 0 Å². The largest absolute Gasteiger partial charge is 0.300 e. The van der Waals surface area contributed by atoms with Crippen LogP contribution in [0.4, 0.5) is 0 Å². The summed E-state index contributed by atoms with van der Waals surface area (Å²) in [6.07, 6.45) is 1.06. The van der Waals surface area contributed by atoms with Gasteiger partial charge >= 0.3 is 0 Å². The Morgan fingerprint density at radius 3 is 2.28 bits per heavy atom. The smallest absolute Gasteiger partial charge is 0.140 e. The summed E-state index contributed by atoms with van der Waals surface area (Å²) in [5.74, 6) is 0.283. The lowest BCUT2D eigenvalue weighted by Crippen LogP contribution is -2.46. The predicted octanol–water partition coefficient (Wildman–Crippen LogP) is 4.13. The molecule has 1 fully saturated rings. The molecule has 29 heavy (non-hydrogen) atoms. The SMILES string of the molecule is O=C(CCN1CCN(Cc2ccccc2)CC1)Cc1nc(-c2ccccc2)cs1. The number of benzene rings is 2. The van der Waals surface area contributed by atoms with Crippen LogP contribution in [-0.4, -0.2) is 53.3 Å². The van der Waals surface area contributed by atoms with E-state index in [1.54, 1.807) is 11.3 Å². The Kier molecular flexibility index (Phi) is 6.83. The van der Waals surface area contributed by atoms with Gasteiger partial charge in [-0.3, -0.25) is 9.69 Å². The van der Waals surface area contributed by atoms with Crippen LogP contribution in [-0.2, 0) is 17.8 Å². The number of thiazole rings is 1. The number of rotatable bonds is 8. The Bertz CT molecular complexity index is 902. The Morgan fingerprint density at radius 1 is 0.897 bits per heavy atom. The van der Waals surface area contributed by atoms with E-state index >= 15 is 0 Å². The van der Waals surface area contributed by atoms with Crippen molar-refractivity contribution in [2.75, 3.05) is 32.7 Å².